The minimum Gasteiger partial charge on any atom is -0.350 e. The Labute approximate surface area is 157 Å². The third kappa shape index (κ3) is 4.31. The monoisotopic (exact) mass is 364 g/mol. The molecule has 0 bridgehead atoms. The largest absolute Gasteiger partial charge is 0.350 e. The topological polar surface area (TPSA) is 51.1 Å². The first-order valence-corrected chi connectivity index (χ1v) is 8.73. The number of benzene rings is 2. The van der Waals surface area contributed by atoms with Gasteiger partial charge in [0.25, 0.3) is 0 Å². The molecule has 27 heavy (non-hydrogen) atoms. The number of aromatic nitrogens is 1. The average Bonchev–Trinajstić information content (AvgIpc) is 2.99. The molecular formula is C22H21FN2O2. The molecule has 1 amide bonds. The molecule has 2 aromatic carbocycles. The van der Waals surface area contributed by atoms with E-state index in [1.54, 1.807) is 12.1 Å². The molecule has 4 nitrogen and oxygen atoms in total. The lowest BCUT2D eigenvalue weighted by molar-refractivity contribution is -0.121. The van der Waals surface area contributed by atoms with Gasteiger partial charge in [0.05, 0.1) is 0 Å². The highest BCUT2D eigenvalue weighted by Gasteiger charge is 2.17. The van der Waals surface area contributed by atoms with Crippen molar-refractivity contribution in [2.75, 3.05) is 0 Å². The molecule has 0 aliphatic heterocycles. The molecule has 0 saturated heterocycles. The second-order valence-corrected chi connectivity index (χ2v) is 6.44. The van der Waals surface area contributed by atoms with E-state index in [2.05, 4.69) is 5.32 Å². The van der Waals surface area contributed by atoms with Gasteiger partial charge in [-0.1, -0.05) is 42.5 Å². The van der Waals surface area contributed by atoms with Gasteiger partial charge in [-0.3, -0.25) is 9.59 Å². The summed E-state index contributed by atoms with van der Waals surface area (Å²) in [5, 5.41) is 2.84. The first-order chi connectivity index (χ1) is 13.0. The van der Waals surface area contributed by atoms with Crippen LogP contribution >= 0.6 is 0 Å². The van der Waals surface area contributed by atoms with E-state index in [1.807, 2.05) is 47.9 Å². The normalized spacial score (nSPS) is 10.6. The van der Waals surface area contributed by atoms with Crippen molar-refractivity contribution in [2.45, 2.75) is 26.9 Å². The minimum absolute atomic E-state index is 0.0323. The van der Waals surface area contributed by atoms with Crippen LogP contribution in [0.25, 0.3) is 11.3 Å². The molecule has 0 aliphatic carbocycles. The van der Waals surface area contributed by atoms with Gasteiger partial charge in [-0.25, -0.2) is 4.39 Å². The van der Waals surface area contributed by atoms with Gasteiger partial charge in [0.2, 0.25) is 5.91 Å². The van der Waals surface area contributed by atoms with Crippen LogP contribution in [0, 0.1) is 12.7 Å². The van der Waals surface area contributed by atoms with Gasteiger partial charge in [0.15, 0.2) is 5.78 Å². The maximum absolute atomic E-state index is 13.0. The standard InChI is InChI=1S/C22H21FN2O2/c1-15-20(16(2)26)12-21(18-6-4-3-5-7-18)25(15)14-22(27)24-13-17-8-10-19(23)11-9-17/h3-12H,13-14H2,1-2H3,(H,24,27). The maximum atomic E-state index is 13.0. The minimum atomic E-state index is -0.308. The predicted octanol–water partition coefficient (Wildman–Crippen LogP) is 4.12. The van der Waals surface area contributed by atoms with Crippen molar-refractivity contribution in [3.8, 4) is 11.3 Å². The summed E-state index contributed by atoms with van der Waals surface area (Å²) in [6, 6.07) is 17.5. The van der Waals surface area contributed by atoms with E-state index >= 15 is 0 Å². The van der Waals surface area contributed by atoms with E-state index in [-0.39, 0.29) is 24.1 Å². The van der Waals surface area contributed by atoms with Crippen LogP contribution in [0.15, 0.2) is 60.7 Å². The van der Waals surface area contributed by atoms with Crippen molar-refractivity contribution < 1.29 is 14.0 Å². The molecule has 3 aromatic rings. The van der Waals surface area contributed by atoms with Gasteiger partial charge in [0, 0.05) is 23.5 Å². The van der Waals surface area contributed by atoms with Crippen LogP contribution in [-0.2, 0) is 17.9 Å². The fourth-order valence-corrected chi connectivity index (χ4v) is 3.06. The summed E-state index contributed by atoms with van der Waals surface area (Å²) < 4.78 is 14.8. The van der Waals surface area contributed by atoms with E-state index < -0.39 is 0 Å². The fourth-order valence-electron chi connectivity index (χ4n) is 3.06. The van der Waals surface area contributed by atoms with Crippen molar-refractivity contribution in [3.63, 3.8) is 0 Å². The van der Waals surface area contributed by atoms with E-state index in [4.69, 9.17) is 0 Å². The highest BCUT2D eigenvalue weighted by molar-refractivity contribution is 5.97. The summed E-state index contributed by atoms with van der Waals surface area (Å²) in [7, 11) is 0. The first kappa shape index (κ1) is 18.6. The van der Waals surface area contributed by atoms with E-state index in [9.17, 15) is 14.0 Å². The van der Waals surface area contributed by atoms with Crippen LogP contribution < -0.4 is 5.32 Å². The number of rotatable bonds is 6. The summed E-state index contributed by atoms with van der Waals surface area (Å²) >= 11 is 0. The molecule has 0 atom stereocenters. The van der Waals surface area contributed by atoms with Crippen molar-refractivity contribution >= 4 is 11.7 Å². The van der Waals surface area contributed by atoms with Crippen LogP contribution in [0.5, 0.6) is 0 Å². The lowest BCUT2D eigenvalue weighted by Gasteiger charge is -2.12. The third-order valence-corrected chi connectivity index (χ3v) is 4.52. The Hall–Kier alpha value is -3.21. The number of hydrogen-bond acceptors (Lipinski definition) is 2. The Morgan fingerprint density at radius 1 is 1.04 bits per heavy atom. The number of nitrogens with zero attached hydrogens (tertiary/aromatic N) is 1. The highest BCUT2D eigenvalue weighted by atomic mass is 19.1. The van der Waals surface area contributed by atoms with E-state index in [0.717, 1.165) is 22.5 Å². The highest BCUT2D eigenvalue weighted by Crippen LogP contribution is 2.26. The van der Waals surface area contributed by atoms with Crippen molar-refractivity contribution in [1.29, 1.82) is 0 Å². The molecule has 0 spiro atoms. The molecule has 0 radical (unpaired) electrons. The summed E-state index contributed by atoms with van der Waals surface area (Å²) in [4.78, 5) is 24.4. The number of amides is 1. The zero-order chi connectivity index (χ0) is 19.4. The van der Waals surface area contributed by atoms with Gasteiger partial charge in [-0.05, 0) is 43.2 Å². The quantitative estimate of drug-likeness (QED) is 0.669. The lowest BCUT2D eigenvalue weighted by Crippen LogP contribution is -2.27. The second-order valence-electron chi connectivity index (χ2n) is 6.44. The number of carbonyl (C=O) groups is 2. The Morgan fingerprint density at radius 3 is 2.33 bits per heavy atom. The van der Waals surface area contributed by atoms with Gasteiger partial charge < -0.3 is 9.88 Å². The molecule has 5 heteroatoms. The molecular weight excluding hydrogens is 343 g/mol. The van der Waals surface area contributed by atoms with Crippen LogP contribution in [0.4, 0.5) is 4.39 Å². The SMILES string of the molecule is CC(=O)c1cc(-c2ccccc2)n(CC(=O)NCc2ccc(F)cc2)c1C. The Morgan fingerprint density at radius 2 is 1.70 bits per heavy atom. The van der Waals surface area contributed by atoms with Crippen molar-refractivity contribution in [2.24, 2.45) is 0 Å². The van der Waals surface area contributed by atoms with Gasteiger partial charge in [0.1, 0.15) is 12.4 Å². The smallest absolute Gasteiger partial charge is 0.240 e. The number of hydrogen-bond donors (Lipinski definition) is 1. The average molecular weight is 364 g/mol. The van der Waals surface area contributed by atoms with Crippen LogP contribution in [0.1, 0.15) is 28.5 Å². The molecule has 0 unspecified atom stereocenters. The number of halogens is 1. The first-order valence-electron chi connectivity index (χ1n) is 8.73. The fraction of sp³-hybridized carbons (Fsp3) is 0.182. The molecule has 3 rings (SSSR count). The Balaban J connectivity index is 1.81. The van der Waals surface area contributed by atoms with E-state index in [0.29, 0.717) is 12.1 Å². The molecule has 0 aliphatic rings. The van der Waals surface area contributed by atoms with E-state index in [1.165, 1.54) is 19.1 Å². The van der Waals surface area contributed by atoms with Crippen LogP contribution in [0.3, 0.4) is 0 Å². The summed E-state index contributed by atoms with van der Waals surface area (Å²) in [5.74, 6) is -0.516. The number of carbonyl (C=O) groups excluding carboxylic acids is 2. The maximum Gasteiger partial charge on any atom is 0.240 e. The molecule has 1 aromatic heterocycles. The molecule has 1 N–H and O–H groups in total. The zero-order valence-corrected chi connectivity index (χ0v) is 15.3. The van der Waals surface area contributed by atoms with Gasteiger partial charge in [-0.15, -0.1) is 0 Å². The molecule has 0 fully saturated rings. The summed E-state index contributed by atoms with van der Waals surface area (Å²) in [5.41, 5.74) is 3.97. The predicted molar refractivity (Wildman–Crippen MR) is 103 cm³/mol. The third-order valence-electron chi connectivity index (χ3n) is 4.52. The summed E-state index contributed by atoms with van der Waals surface area (Å²) in [6.07, 6.45) is 0. The van der Waals surface area contributed by atoms with Crippen LogP contribution in [-0.4, -0.2) is 16.3 Å². The number of nitrogens with one attached hydrogen (secondary N) is 1. The number of Topliss-reactive ketones (excluding diaryl/α,β-unsaturated/α-hetero) is 1. The lowest BCUT2D eigenvalue weighted by atomic mass is 10.1. The second kappa shape index (κ2) is 7.99. The summed E-state index contributed by atoms with van der Waals surface area (Å²) in [6.45, 7) is 3.79. The Bertz CT molecular complexity index is 960. The zero-order valence-electron chi connectivity index (χ0n) is 15.3. The van der Waals surface area contributed by atoms with Gasteiger partial charge in [-0.2, -0.15) is 0 Å². The van der Waals surface area contributed by atoms with Crippen molar-refractivity contribution in [3.05, 3.63) is 83.3 Å². The van der Waals surface area contributed by atoms with Crippen molar-refractivity contribution in [1.82, 2.24) is 9.88 Å². The molecule has 138 valence electrons. The molecule has 1 heterocycles. The Kier molecular flexibility index (Phi) is 5.50. The van der Waals surface area contributed by atoms with Crippen LogP contribution in [0.2, 0.25) is 0 Å². The number of ketones is 1. The van der Waals surface area contributed by atoms with Gasteiger partial charge >= 0.3 is 0 Å². The molecule has 0 saturated carbocycles.